The molecule has 0 unspecified atom stereocenters. The first-order valence-corrected chi connectivity index (χ1v) is 9.53. The molecule has 0 aliphatic rings. The summed E-state index contributed by atoms with van der Waals surface area (Å²) in [5.74, 6) is 1.71. The van der Waals surface area contributed by atoms with Crippen molar-refractivity contribution in [3.8, 4) is 0 Å². The van der Waals surface area contributed by atoms with Crippen LogP contribution >= 0.6 is 0 Å². The van der Waals surface area contributed by atoms with Gasteiger partial charge >= 0.3 is 0 Å². The van der Waals surface area contributed by atoms with E-state index in [2.05, 4.69) is 19.2 Å². The lowest BCUT2D eigenvalue weighted by Gasteiger charge is -2.23. The third-order valence-electron chi connectivity index (χ3n) is 4.48. The number of carbonyl (C=O) groups is 2. The maximum absolute atomic E-state index is 12.9. The highest BCUT2D eigenvalue weighted by atomic mass is 16.3. The van der Waals surface area contributed by atoms with Gasteiger partial charge in [-0.3, -0.25) is 9.59 Å². The molecule has 0 aliphatic heterocycles. The van der Waals surface area contributed by atoms with Crippen molar-refractivity contribution >= 4 is 11.8 Å². The number of amides is 2. The summed E-state index contributed by atoms with van der Waals surface area (Å²) in [7, 11) is 0. The molecule has 5 heteroatoms. The molecule has 0 aliphatic carbocycles. The Bertz CT molecular complexity index is 750. The average Bonchev–Trinajstić information content (AvgIpc) is 2.98. The Hall–Kier alpha value is -2.56. The van der Waals surface area contributed by atoms with Crippen LogP contribution in [0.5, 0.6) is 0 Å². The molecule has 0 spiro atoms. The van der Waals surface area contributed by atoms with E-state index in [1.54, 1.807) is 17.9 Å². The van der Waals surface area contributed by atoms with Crippen molar-refractivity contribution in [2.45, 2.75) is 47.1 Å². The van der Waals surface area contributed by atoms with Crippen LogP contribution in [0, 0.1) is 19.8 Å². The largest absolute Gasteiger partial charge is 0.466 e. The molecular formula is C22H30N2O3. The smallest absolute Gasteiger partial charge is 0.257 e. The van der Waals surface area contributed by atoms with Crippen LogP contribution in [0.25, 0.3) is 0 Å². The number of hydrogen-bond acceptors (Lipinski definition) is 3. The topological polar surface area (TPSA) is 62.6 Å². The van der Waals surface area contributed by atoms with E-state index in [1.165, 1.54) is 0 Å². The van der Waals surface area contributed by atoms with Crippen LogP contribution in [0.15, 0.2) is 40.8 Å². The van der Waals surface area contributed by atoms with Gasteiger partial charge in [0.05, 0.1) is 5.56 Å². The minimum absolute atomic E-state index is 0.0544. The van der Waals surface area contributed by atoms with E-state index in [0.29, 0.717) is 36.9 Å². The van der Waals surface area contributed by atoms with Crippen LogP contribution in [0.4, 0.5) is 0 Å². The maximum atomic E-state index is 12.9. The zero-order chi connectivity index (χ0) is 19.8. The molecule has 146 valence electrons. The highest BCUT2D eigenvalue weighted by Gasteiger charge is 2.21. The van der Waals surface area contributed by atoms with Crippen molar-refractivity contribution in [2.24, 2.45) is 5.92 Å². The maximum Gasteiger partial charge on any atom is 0.257 e. The molecule has 5 nitrogen and oxygen atoms in total. The summed E-state index contributed by atoms with van der Waals surface area (Å²) < 4.78 is 5.50. The molecule has 2 aromatic rings. The quantitative estimate of drug-likeness (QED) is 0.723. The van der Waals surface area contributed by atoms with Crippen LogP contribution in [-0.4, -0.2) is 29.8 Å². The number of furan rings is 1. The van der Waals surface area contributed by atoms with Crippen LogP contribution in [-0.2, 0) is 11.3 Å². The zero-order valence-corrected chi connectivity index (χ0v) is 16.7. The molecule has 0 atom stereocenters. The summed E-state index contributed by atoms with van der Waals surface area (Å²) in [6.45, 7) is 9.42. The van der Waals surface area contributed by atoms with Crippen molar-refractivity contribution < 1.29 is 14.0 Å². The van der Waals surface area contributed by atoms with E-state index >= 15 is 0 Å². The molecule has 1 N–H and O–H groups in total. The normalized spacial score (nSPS) is 10.9. The van der Waals surface area contributed by atoms with Crippen molar-refractivity contribution in [3.63, 3.8) is 0 Å². The number of hydrogen-bond donors (Lipinski definition) is 1. The van der Waals surface area contributed by atoms with Gasteiger partial charge in [0, 0.05) is 26.1 Å². The fourth-order valence-electron chi connectivity index (χ4n) is 2.86. The molecule has 2 rings (SSSR count). The lowest BCUT2D eigenvalue weighted by molar-refractivity contribution is -0.121. The van der Waals surface area contributed by atoms with Gasteiger partial charge < -0.3 is 14.6 Å². The van der Waals surface area contributed by atoms with Crippen molar-refractivity contribution in [3.05, 3.63) is 59.0 Å². The highest BCUT2D eigenvalue weighted by molar-refractivity contribution is 5.95. The van der Waals surface area contributed by atoms with Gasteiger partial charge in [0.2, 0.25) is 5.91 Å². The van der Waals surface area contributed by atoms with Crippen LogP contribution in [0.1, 0.15) is 54.1 Å². The number of carbonyl (C=O) groups excluding carboxylic acids is 2. The molecule has 27 heavy (non-hydrogen) atoms. The predicted molar refractivity (Wildman–Crippen MR) is 106 cm³/mol. The molecular weight excluding hydrogens is 340 g/mol. The Balaban J connectivity index is 1.94. The van der Waals surface area contributed by atoms with Gasteiger partial charge in [-0.15, -0.1) is 0 Å². The van der Waals surface area contributed by atoms with E-state index < -0.39 is 0 Å². The third-order valence-corrected chi connectivity index (χ3v) is 4.48. The van der Waals surface area contributed by atoms with Crippen molar-refractivity contribution in [2.75, 3.05) is 13.1 Å². The molecule has 0 fully saturated rings. The van der Waals surface area contributed by atoms with Crippen molar-refractivity contribution in [1.82, 2.24) is 10.2 Å². The van der Waals surface area contributed by atoms with Gasteiger partial charge in [-0.05, 0) is 37.8 Å². The Morgan fingerprint density at radius 2 is 1.81 bits per heavy atom. The van der Waals surface area contributed by atoms with E-state index in [9.17, 15) is 9.59 Å². The molecule has 0 saturated carbocycles. The van der Waals surface area contributed by atoms with Gasteiger partial charge in [0.15, 0.2) is 0 Å². The van der Waals surface area contributed by atoms with Gasteiger partial charge in [-0.25, -0.2) is 0 Å². The summed E-state index contributed by atoms with van der Waals surface area (Å²) in [4.78, 5) is 26.9. The first-order valence-electron chi connectivity index (χ1n) is 9.53. The van der Waals surface area contributed by atoms with E-state index in [4.69, 9.17) is 4.42 Å². The predicted octanol–water partition coefficient (Wildman–Crippen LogP) is 4.09. The number of aryl methyl sites for hydroxylation is 2. The fraction of sp³-hybridized carbons (Fsp3) is 0.455. The molecule has 1 heterocycles. The molecule has 1 aromatic heterocycles. The first-order chi connectivity index (χ1) is 12.9. The summed E-state index contributed by atoms with van der Waals surface area (Å²) in [6, 6.07) is 11.6. The third kappa shape index (κ3) is 6.59. The minimum Gasteiger partial charge on any atom is -0.466 e. The van der Waals surface area contributed by atoms with Crippen LogP contribution < -0.4 is 5.32 Å². The number of rotatable bonds is 9. The SMILES string of the molecule is Cc1cc(C(=O)N(CCC(=O)NCc2ccccc2)CCC(C)C)c(C)o1. The number of nitrogens with zero attached hydrogens (tertiary/aromatic N) is 1. The average molecular weight is 370 g/mol. The van der Waals surface area contributed by atoms with E-state index in [0.717, 1.165) is 17.7 Å². The zero-order valence-electron chi connectivity index (χ0n) is 16.7. The monoisotopic (exact) mass is 370 g/mol. The summed E-state index contributed by atoms with van der Waals surface area (Å²) in [6.07, 6.45) is 1.18. The summed E-state index contributed by atoms with van der Waals surface area (Å²) in [5, 5.41) is 2.92. The second kappa shape index (κ2) is 9.95. The summed E-state index contributed by atoms with van der Waals surface area (Å²) >= 11 is 0. The van der Waals surface area contributed by atoms with E-state index in [1.807, 2.05) is 37.3 Å². The lowest BCUT2D eigenvalue weighted by Crippen LogP contribution is -2.36. The van der Waals surface area contributed by atoms with E-state index in [-0.39, 0.29) is 18.2 Å². The van der Waals surface area contributed by atoms with Crippen molar-refractivity contribution in [1.29, 1.82) is 0 Å². The molecule has 0 saturated heterocycles. The fourth-order valence-corrected chi connectivity index (χ4v) is 2.86. The summed E-state index contributed by atoms with van der Waals surface area (Å²) in [5.41, 5.74) is 1.64. The van der Waals surface area contributed by atoms with Gasteiger partial charge in [0.1, 0.15) is 11.5 Å². The highest BCUT2D eigenvalue weighted by Crippen LogP contribution is 2.17. The van der Waals surface area contributed by atoms with Gasteiger partial charge in [-0.1, -0.05) is 44.2 Å². The Labute approximate surface area is 161 Å². The van der Waals surface area contributed by atoms with Gasteiger partial charge in [0.25, 0.3) is 5.91 Å². The van der Waals surface area contributed by atoms with Gasteiger partial charge in [-0.2, -0.15) is 0 Å². The second-order valence-corrected chi connectivity index (χ2v) is 7.31. The first kappa shape index (κ1) is 20.7. The Morgan fingerprint density at radius 3 is 2.41 bits per heavy atom. The molecule has 1 aromatic carbocycles. The Morgan fingerprint density at radius 1 is 1.11 bits per heavy atom. The minimum atomic E-state index is -0.0686. The van der Waals surface area contributed by atoms with Crippen LogP contribution in [0.3, 0.4) is 0 Å². The van der Waals surface area contributed by atoms with Crippen LogP contribution in [0.2, 0.25) is 0 Å². The Kier molecular flexibility index (Phi) is 7.65. The lowest BCUT2D eigenvalue weighted by atomic mass is 10.1. The molecule has 0 radical (unpaired) electrons. The second-order valence-electron chi connectivity index (χ2n) is 7.31. The number of nitrogens with one attached hydrogen (secondary N) is 1. The molecule has 0 bridgehead atoms. The molecule has 2 amide bonds. The number of benzene rings is 1. The standard InChI is InChI=1S/C22H30N2O3/c1-16(2)10-12-24(22(26)20-14-17(3)27-18(20)4)13-11-21(25)23-15-19-8-6-5-7-9-19/h5-9,14,16H,10-13,15H2,1-4H3,(H,23,25).